The first-order valence-electron chi connectivity index (χ1n) is 9.95. The fraction of sp³-hybridized carbons (Fsp3) is 0.250. The van der Waals surface area contributed by atoms with Crippen LogP contribution in [0.25, 0.3) is 11.1 Å². The molecule has 1 saturated heterocycles. The minimum Gasteiger partial charge on any atom is -0.312 e. The van der Waals surface area contributed by atoms with Crippen molar-refractivity contribution in [2.45, 2.75) is 34.9 Å². The van der Waals surface area contributed by atoms with Gasteiger partial charge in [0, 0.05) is 9.61 Å². The van der Waals surface area contributed by atoms with Crippen molar-refractivity contribution in [2.24, 2.45) is 0 Å². The average molecular weight is 515 g/mol. The Bertz CT molecular complexity index is 1160. The van der Waals surface area contributed by atoms with Crippen LogP contribution in [0.2, 0.25) is 0 Å². The third-order valence-electron chi connectivity index (χ3n) is 6.42. The molecule has 3 aromatic carbocycles. The van der Waals surface area contributed by atoms with Crippen molar-refractivity contribution in [2.75, 3.05) is 6.54 Å². The lowest BCUT2D eigenvalue weighted by molar-refractivity contribution is 0.416. The maximum absolute atomic E-state index is 14.0. The van der Waals surface area contributed by atoms with Crippen LogP contribution >= 0.6 is 22.6 Å². The summed E-state index contributed by atoms with van der Waals surface area (Å²) >= 11 is 2.21. The molecule has 1 N–H and O–H groups in total. The van der Waals surface area contributed by atoms with Crippen molar-refractivity contribution < 1.29 is 8.42 Å². The van der Waals surface area contributed by atoms with Crippen LogP contribution in [-0.4, -0.2) is 21.0 Å². The molecule has 1 fully saturated rings. The van der Waals surface area contributed by atoms with Crippen molar-refractivity contribution in [3.05, 3.63) is 87.5 Å². The lowest BCUT2D eigenvalue weighted by Crippen LogP contribution is -2.49. The average Bonchev–Trinajstić information content (AvgIpc) is 3.20. The zero-order chi connectivity index (χ0) is 20.1. The Morgan fingerprint density at radius 3 is 2.45 bits per heavy atom. The number of rotatable bonds is 3. The summed E-state index contributed by atoms with van der Waals surface area (Å²) in [5.41, 5.74) is 4.46. The minimum atomic E-state index is -3.53. The van der Waals surface area contributed by atoms with Gasteiger partial charge in [-0.1, -0.05) is 48.5 Å². The summed E-state index contributed by atoms with van der Waals surface area (Å²) in [5, 5.41) is 3.49. The van der Waals surface area contributed by atoms with E-state index in [0.29, 0.717) is 11.3 Å². The third-order valence-corrected chi connectivity index (χ3v) is 9.70. The Hall–Kier alpha value is -1.70. The van der Waals surface area contributed by atoms with Gasteiger partial charge in [-0.3, -0.25) is 0 Å². The quantitative estimate of drug-likeness (QED) is 0.503. The lowest BCUT2D eigenvalue weighted by atomic mass is 9.78. The first-order chi connectivity index (χ1) is 14.0. The van der Waals surface area contributed by atoms with Gasteiger partial charge in [0.2, 0.25) is 0 Å². The monoisotopic (exact) mass is 515 g/mol. The molecule has 1 heterocycles. The molecule has 2 atom stereocenters. The summed E-state index contributed by atoms with van der Waals surface area (Å²) < 4.78 is 28.1. The summed E-state index contributed by atoms with van der Waals surface area (Å²) in [7, 11) is -3.53. The van der Waals surface area contributed by atoms with Gasteiger partial charge in [0.1, 0.15) is 4.75 Å². The van der Waals surface area contributed by atoms with Gasteiger partial charge in [-0.2, -0.15) is 0 Å². The highest BCUT2D eigenvalue weighted by Gasteiger charge is 2.56. The second-order valence-electron chi connectivity index (χ2n) is 7.88. The summed E-state index contributed by atoms with van der Waals surface area (Å²) in [4.78, 5) is 0.423. The molecule has 0 spiro atoms. The molecule has 1 aliphatic heterocycles. The highest BCUT2D eigenvalue weighted by molar-refractivity contribution is 14.1. The van der Waals surface area contributed by atoms with Gasteiger partial charge in [0.25, 0.3) is 0 Å². The number of aryl methyl sites for hydroxylation is 1. The van der Waals surface area contributed by atoms with E-state index in [2.05, 4.69) is 58.2 Å². The van der Waals surface area contributed by atoms with E-state index in [9.17, 15) is 8.42 Å². The molecule has 5 rings (SSSR count). The molecule has 148 valence electrons. The molecule has 2 unspecified atom stereocenters. The van der Waals surface area contributed by atoms with Gasteiger partial charge in [-0.25, -0.2) is 8.42 Å². The number of sulfone groups is 1. The van der Waals surface area contributed by atoms with Crippen LogP contribution in [0.15, 0.2) is 77.7 Å². The molecule has 0 amide bonds. The van der Waals surface area contributed by atoms with Crippen molar-refractivity contribution >= 4 is 32.4 Å². The molecule has 1 aliphatic carbocycles. The van der Waals surface area contributed by atoms with Gasteiger partial charge in [0.15, 0.2) is 9.84 Å². The largest absolute Gasteiger partial charge is 0.312 e. The van der Waals surface area contributed by atoms with Crippen LogP contribution in [0.5, 0.6) is 0 Å². The zero-order valence-corrected chi connectivity index (χ0v) is 18.9. The number of benzene rings is 3. The molecule has 0 radical (unpaired) electrons. The highest BCUT2D eigenvalue weighted by atomic mass is 127. The van der Waals surface area contributed by atoms with Crippen LogP contribution < -0.4 is 5.32 Å². The molecule has 2 aliphatic rings. The predicted octanol–water partition coefficient (Wildman–Crippen LogP) is 4.94. The van der Waals surface area contributed by atoms with E-state index in [1.165, 1.54) is 5.56 Å². The van der Waals surface area contributed by atoms with Gasteiger partial charge in [0.05, 0.1) is 4.90 Å². The molecule has 0 aromatic heterocycles. The second kappa shape index (κ2) is 7.22. The summed E-state index contributed by atoms with van der Waals surface area (Å²) in [5.74, 6) is 0. The molecular formula is C24H22INO2S. The molecule has 5 heteroatoms. The third kappa shape index (κ3) is 2.97. The zero-order valence-electron chi connectivity index (χ0n) is 15.9. The van der Waals surface area contributed by atoms with Crippen LogP contribution in [0.1, 0.15) is 24.0 Å². The molecule has 3 nitrogen and oxygen atoms in total. The lowest BCUT2D eigenvalue weighted by Gasteiger charge is -2.40. The maximum Gasteiger partial charge on any atom is 0.189 e. The number of nitrogens with one attached hydrogen (secondary N) is 1. The molecule has 0 saturated carbocycles. The standard InChI is InChI=1S/C24H22INO2S/c25-20-8-10-21(11-9-20)29(27,28)24-14-15-26-23(24)13-7-19-16-18(6-12-22(19)24)17-4-2-1-3-5-17/h1-6,8-12,16,23,26H,7,13-15H2. The number of hydrogen-bond donors (Lipinski definition) is 1. The smallest absolute Gasteiger partial charge is 0.189 e. The normalized spacial score (nSPS) is 23.4. The van der Waals surface area contributed by atoms with E-state index in [0.717, 1.165) is 39.6 Å². The Morgan fingerprint density at radius 1 is 0.931 bits per heavy atom. The van der Waals surface area contributed by atoms with E-state index in [4.69, 9.17) is 0 Å². The van der Waals surface area contributed by atoms with Crippen molar-refractivity contribution in [3.63, 3.8) is 0 Å². The van der Waals surface area contributed by atoms with Gasteiger partial charge < -0.3 is 5.32 Å². The SMILES string of the molecule is O=S(=O)(c1ccc(I)cc1)C12CCNC1CCc1cc(-c3ccccc3)ccc12. The Morgan fingerprint density at radius 2 is 1.69 bits per heavy atom. The number of halogens is 1. The van der Waals surface area contributed by atoms with Crippen LogP contribution in [0.3, 0.4) is 0 Å². The van der Waals surface area contributed by atoms with Crippen LogP contribution in [0, 0.1) is 3.57 Å². The van der Waals surface area contributed by atoms with Crippen LogP contribution in [0.4, 0.5) is 0 Å². The number of hydrogen-bond acceptors (Lipinski definition) is 3. The minimum absolute atomic E-state index is 0.0400. The molecule has 3 aromatic rings. The highest BCUT2D eigenvalue weighted by Crippen LogP contribution is 2.50. The van der Waals surface area contributed by atoms with Crippen LogP contribution in [-0.2, 0) is 21.0 Å². The van der Waals surface area contributed by atoms with Gasteiger partial charge >= 0.3 is 0 Å². The molecule has 0 bridgehead atoms. The molecule has 29 heavy (non-hydrogen) atoms. The fourth-order valence-electron chi connectivity index (χ4n) is 5.04. The maximum atomic E-state index is 14.0. The Balaban J connectivity index is 1.68. The summed E-state index contributed by atoms with van der Waals surface area (Å²) in [6.07, 6.45) is 2.36. The first-order valence-corrected chi connectivity index (χ1v) is 12.5. The van der Waals surface area contributed by atoms with E-state index >= 15 is 0 Å². The number of fused-ring (bicyclic) bond motifs is 3. The van der Waals surface area contributed by atoms with E-state index in [1.54, 1.807) is 12.1 Å². The van der Waals surface area contributed by atoms with Crippen molar-refractivity contribution in [1.82, 2.24) is 5.32 Å². The van der Waals surface area contributed by atoms with E-state index in [-0.39, 0.29) is 6.04 Å². The second-order valence-corrected chi connectivity index (χ2v) is 11.3. The van der Waals surface area contributed by atoms with E-state index < -0.39 is 14.6 Å². The molecular weight excluding hydrogens is 493 g/mol. The Kier molecular flexibility index (Phi) is 4.80. The first kappa shape index (κ1) is 19.3. The predicted molar refractivity (Wildman–Crippen MR) is 125 cm³/mol. The van der Waals surface area contributed by atoms with Crippen molar-refractivity contribution in [1.29, 1.82) is 0 Å². The topological polar surface area (TPSA) is 46.2 Å². The Labute approximate surface area is 185 Å². The van der Waals surface area contributed by atoms with Crippen molar-refractivity contribution in [3.8, 4) is 11.1 Å². The van der Waals surface area contributed by atoms with Gasteiger partial charge in [-0.15, -0.1) is 0 Å². The fourth-order valence-corrected chi connectivity index (χ4v) is 7.75. The van der Waals surface area contributed by atoms with E-state index in [1.807, 2.05) is 30.3 Å². The summed E-state index contributed by atoms with van der Waals surface area (Å²) in [6, 6.07) is 23.9. The summed E-state index contributed by atoms with van der Waals surface area (Å²) in [6.45, 7) is 0.730. The van der Waals surface area contributed by atoms with Gasteiger partial charge in [-0.05, 0) is 94.9 Å².